The summed E-state index contributed by atoms with van der Waals surface area (Å²) in [6, 6.07) is 0. The highest BCUT2D eigenvalue weighted by Gasteiger charge is 2.22. The van der Waals surface area contributed by atoms with Crippen LogP contribution >= 0.6 is 0 Å². The fourth-order valence-electron chi connectivity index (χ4n) is 2.64. The van der Waals surface area contributed by atoms with Crippen LogP contribution in [0, 0.1) is 0 Å². The topological polar surface area (TPSA) is 92.3 Å². The summed E-state index contributed by atoms with van der Waals surface area (Å²) < 4.78 is 5.51. The van der Waals surface area contributed by atoms with E-state index in [1.165, 1.54) is 24.7 Å². The lowest BCUT2D eigenvalue weighted by molar-refractivity contribution is -0.145. The lowest BCUT2D eigenvalue weighted by Crippen LogP contribution is -2.29. The Labute approximate surface area is 129 Å². The largest absolute Gasteiger partial charge is 0.479 e. The number of nitrogens with zero attached hydrogens (tertiary/aromatic N) is 1. The maximum atomic E-state index is 11.7. The van der Waals surface area contributed by atoms with E-state index in [0.29, 0.717) is 24.8 Å². The van der Waals surface area contributed by atoms with Gasteiger partial charge in [-0.25, -0.2) is 9.78 Å². The smallest absolute Gasteiger partial charge is 0.344 e. The number of aromatic nitrogens is 2. The zero-order chi connectivity index (χ0) is 15.9. The Hall–Kier alpha value is -2.11. The minimum atomic E-state index is -1.03. The molecule has 1 aliphatic carbocycles. The zero-order valence-corrected chi connectivity index (χ0v) is 12.8. The number of carboxylic acids is 1. The SMILES string of the molecule is CCc1c(OC(CCC2=CCCCC2)C(=O)O)nc[nH]c1=O. The third-order valence-corrected chi connectivity index (χ3v) is 3.91. The van der Waals surface area contributed by atoms with Crippen molar-refractivity contribution in [2.24, 2.45) is 0 Å². The molecule has 1 unspecified atom stereocenters. The number of ether oxygens (including phenoxy) is 1. The molecule has 0 fully saturated rings. The Morgan fingerprint density at radius 2 is 2.32 bits per heavy atom. The molecule has 0 saturated heterocycles. The highest BCUT2D eigenvalue weighted by Crippen LogP contribution is 2.23. The van der Waals surface area contributed by atoms with Gasteiger partial charge >= 0.3 is 5.97 Å². The molecule has 0 spiro atoms. The van der Waals surface area contributed by atoms with Gasteiger partial charge in [-0.15, -0.1) is 0 Å². The molecule has 0 amide bonds. The van der Waals surface area contributed by atoms with Crippen molar-refractivity contribution in [2.75, 3.05) is 0 Å². The van der Waals surface area contributed by atoms with Crippen molar-refractivity contribution < 1.29 is 14.6 Å². The van der Waals surface area contributed by atoms with Crippen LogP contribution in [0.5, 0.6) is 5.88 Å². The number of carboxylic acid groups (broad SMARTS) is 1. The molecule has 22 heavy (non-hydrogen) atoms. The van der Waals surface area contributed by atoms with Gasteiger partial charge in [0.15, 0.2) is 6.10 Å². The average Bonchev–Trinajstić information content (AvgIpc) is 2.52. The number of rotatable bonds is 7. The Bertz CT molecular complexity index is 606. The van der Waals surface area contributed by atoms with Crippen molar-refractivity contribution in [2.45, 2.75) is 58.0 Å². The van der Waals surface area contributed by atoms with Crippen LogP contribution in [0.4, 0.5) is 0 Å². The number of hydrogen-bond donors (Lipinski definition) is 2. The molecule has 6 heteroatoms. The Morgan fingerprint density at radius 1 is 1.50 bits per heavy atom. The van der Waals surface area contributed by atoms with E-state index in [0.717, 1.165) is 12.8 Å². The van der Waals surface area contributed by atoms with Crippen LogP contribution in [0.25, 0.3) is 0 Å². The van der Waals surface area contributed by atoms with E-state index in [9.17, 15) is 14.7 Å². The van der Waals surface area contributed by atoms with Crippen molar-refractivity contribution in [3.8, 4) is 5.88 Å². The van der Waals surface area contributed by atoms with Gasteiger partial charge in [-0.3, -0.25) is 4.79 Å². The fourth-order valence-corrected chi connectivity index (χ4v) is 2.64. The van der Waals surface area contributed by atoms with Crippen molar-refractivity contribution >= 4 is 5.97 Å². The van der Waals surface area contributed by atoms with Crippen LogP contribution in [-0.4, -0.2) is 27.1 Å². The van der Waals surface area contributed by atoms with E-state index in [2.05, 4.69) is 16.0 Å². The summed E-state index contributed by atoms with van der Waals surface area (Å²) >= 11 is 0. The summed E-state index contributed by atoms with van der Waals surface area (Å²) in [7, 11) is 0. The Balaban J connectivity index is 2.06. The number of H-pyrrole nitrogens is 1. The maximum absolute atomic E-state index is 11.7. The third-order valence-electron chi connectivity index (χ3n) is 3.91. The van der Waals surface area contributed by atoms with Crippen LogP contribution in [0.15, 0.2) is 22.8 Å². The molecular formula is C16H22N2O4. The van der Waals surface area contributed by atoms with Gasteiger partial charge in [0.2, 0.25) is 5.88 Å². The maximum Gasteiger partial charge on any atom is 0.344 e. The fraction of sp³-hybridized carbons (Fsp3) is 0.562. The molecule has 2 rings (SSSR count). The standard InChI is InChI=1S/C16H22N2O4/c1-2-12-14(19)17-10-18-15(12)22-13(16(20)21)9-8-11-6-4-3-5-7-11/h6,10,13H,2-5,7-9H2,1H3,(H,20,21)(H,17,18,19). The second-order valence-corrected chi connectivity index (χ2v) is 5.46. The van der Waals surface area contributed by atoms with Crippen LogP contribution in [0.3, 0.4) is 0 Å². The van der Waals surface area contributed by atoms with Crippen molar-refractivity contribution in [3.63, 3.8) is 0 Å². The first-order chi connectivity index (χ1) is 10.6. The Morgan fingerprint density at radius 3 is 2.95 bits per heavy atom. The van der Waals surface area contributed by atoms with E-state index in [-0.39, 0.29) is 11.4 Å². The molecule has 0 radical (unpaired) electrons. The van der Waals surface area contributed by atoms with Crippen LogP contribution in [0.1, 0.15) is 51.0 Å². The van der Waals surface area contributed by atoms with Crippen molar-refractivity contribution in [1.29, 1.82) is 0 Å². The second kappa shape index (κ2) is 7.77. The molecule has 120 valence electrons. The second-order valence-electron chi connectivity index (χ2n) is 5.46. The third kappa shape index (κ3) is 4.19. The predicted molar refractivity (Wildman–Crippen MR) is 82.1 cm³/mol. The molecule has 0 saturated carbocycles. The van der Waals surface area contributed by atoms with Gasteiger partial charge in [-0.1, -0.05) is 18.6 Å². The summed E-state index contributed by atoms with van der Waals surface area (Å²) in [5.74, 6) is -0.906. The lowest BCUT2D eigenvalue weighted by atomic mass is 9.95. The van der Waals surface area contributed by atoms with E-state index in [1.807, 2.05) is 6.92 Å². The highest BCUT2D eigenvalue weighted by atomic mass is 16.5. The van der Waals surface area contributed by atoms with Gasteiger partial charge in [-0.2, -0.15) is 0 Å². The number of nitrogens with one attached hydrogen (secondary N) is 1. The molecule has 0 aromatic carbocycles. The van der Waals surface area contributed by atoms with Gasteiger partial charge in [0.1, 0.15) is 0 Å². The van der Waals surface area contributed by atoms with Crippen LogP contribution in [-0.2, 0) is 11.2 Å². The highest BCUT2D eigenvalue weighted by molar-refractivity contribution is 5.72. The summed E-state index contributed by atoms with van der Waals surface area (Å²) in [5, 5.41) is 9.34. The van der Waals surface area contributed by atoms with E-state index in [4.69, 9.17) is 4.74 Å². The zero-order valence-electron chi connectivity index (χ0n) is 12.8. The van der Waals surface area contributed by atoms with E-state index in [1.54, 1.807) is 0 Å². The summed E-state index contributed by atoms with van der Waals surface area (Å²) in [6.07, 6.45) is 8.47. The molecular weight excluding hydrogens is 284 g/mol. The normalized spacial score (nSPS) is 16.0. The van der Waals surface area contributed by atoms with Gasteiger partial charge in [0, 0.05) is 0 Å². The summed E-state index contributed by atoms with van der Waals surface area (Å²) in [5.41, 5.74) is 1.40. The molecule has 0 bridgehead atoms. The van der Waals surface area contributed by atoms with Gasteiger partial charge in [-0.05, 0) is 44.9 Å². The van der Waals surface area contributed by atoms with Gasteiger partial charge in [0.05, 0.1) is 11.9 Å². The monoisotopic (exact) mass is 306 g/mol. The average molecular weight is 306 g/mol. The molecule has 1 aromatic heterocycles. The Kier molecular flexibility index (Phi) is 5.75. The summed E-state index contributed by atoms with van der Waals surface area (Å²) in [6.45, 7) is 1.81. The molecule has 1 atom stereocenters. The molecule has 0 aliphatic heterocycles. The molecule has 1 aliphatic rings. The molecule has 6 nitrogen and oxygen atoms in total. The van der Waals surface area contributed by atoms with Crippen molar-refractivity contribution in [3.05, 3.63) is 33.9 Å². The van der Waals surface area contributed by atoms with Crippen LogP contribution < -0.4 is 10.3 Å². The quantitative estimate of drug-likeness (QED) is 0.755. The molecule has 1 heterocycles. The first-order valence-corrected chi connectivity index (χ1v) is 7.75. The lowest BCUT2D eigenvalue weighted by Gasteiger charge is -2.18. The van der Waals surface area contributed by atoms with Crippen LogP contribution in [0.2, 0.25) is 0 Å². The number of aliphatic carboxylic acids is 1. The number of carbonyl (C=O) groups is 1. The van der Waals surface area contributed by atoms with E-state index < -0.39 is 12.1 Å². The molecule has 2 N–H and O–H groups in total. The van der Waals surface area contributed by atoms with Gasteiger partial charge < -0.3 is 14.8 Å². The predicted octanol–water partition coefficient (Wildman–Crippen LogP) is 2.44. The summed E-state index contributed by atoms with van der Waals surface area (Å²) in [4.78, 5) is 29.5. The first kappa shape index (κ1) is 16.3. The van der Waals surface area contributed by atoms with Gasteiger partial charge in [0.25, 0.3) is 5.56 Å². The number of aromatic amines is 1. The minimum absolute atomic E-state index is 0.122. The number of allylic oxidation sites excluding steroid dienone is 2. The minimum Gasteiger partial charge on any atom is -0.479 e. The van der Waals surface area contributed by atoms with E-state index >= 15 is 0 Å². The van der Waals surface area contributed by atoms with Crippen molar-refractivity contribution in [1.82, 2.24) is 9.97 Å². The molecule has 1 aromatic rings. The number of hydrogen-bond acceptors (Lipinski definition) is 4. The first-order valence-electron chi connectivity index (χ1n) is 7.75.